The van der Waals surface area contributed by atoms with Crippen LogP contribution in [0.2, 0.25) is 10.4 Å². The lowest BCUT2D eigenvalue weighted by atomic mass is 9.31. The number of ether oxygens (including phenoxy) is 2. The molecule has 0 bridgehead atoms. The fourth-order valence-electron chi connectivity index (χ4n) is 5.49. The fourth-order valence-corrected chi connectivity index (χ4v) is 6.35. The Hall–Kier alpha value is -1.04. The molecule has 2 fully saturated rings. The van der Waals surface area contributed by atoms with Crippen molar-refractivity contribution in [2.24, 2.45) is 0 Å². The zero-order valence-corrected chi connectivity index (χ0v) is 19.9. The van der Waals surface area contributed by atoms with E-state index in [-0.39, 0.29) is 5.41 Å². The Morgan fingerprint density at radius 2 is 1.85 bits per heavy atom. The summed E-state index contributed by atoms with van der Waals surface area (Å²) in [4.78, 5) is 5.44. The van der Waals surface area contributed by atoms with Crippen LogP contribution in [-0.2, 0) is 15.5 Å². The molecule has 1 saturated heterocycles. The molecule has 2 aliphatic rings. The number of hydrogen-bond donors (Lipinski definition) is 1. The van der Waals surface area contributed by atoms with Gasteiger partial charge in [0.2, 0.25) is 0 Å². The summed E-state index contributed by atoms with van der Waals surface area (Å²) in [7, 11) is 39.7. The lowest BCUT2D eigenvalue weighted by molar-refractivity contribution is -0.105. The van der Waals surface area contributed by atoms with Gasteiger partial charge in [-0.25, -0.2) is 0 Å². The standard InChI is InChI=1S/C22H24B6N2O2S/c1-31-15-5-11-33-17(15)22(27,28)30-9-6-18(16-4-2-3-8-29-16)7-10-32-19(12-18)13-20(23,24)21(25,26)14-19/h2-5,8,11,30H,6-7,9-10,12-14H2,1H3/t18-/m1/s1. The zero-order valence-electron chi connectivity index (χ0n) is 19.0. The second-order valence-electron chi connectivity index (χ2n) is 9.75. The van der Waals surface area contributed by atoms with Gasteiger partial charge in [0.05, 0.1) is 59.8 Å². The van der Waals surface area contributed by atoms with E-state index < -0.39 is 21.4 Å². The van der Waals surface area contributed by atoms with E-state index >= 15 is 0 Å². The molecule has 1 saturated carbocycles. The predicted molar refractivity (Wildman–Crippen MR) is 138 cm³/mol. The highest BCUT2D eigenvalue weighted by Gasteiger charge is 2.57. The van der Waals surface area contributed by atoms with Gasteiger partial charge < -0.3 is 14.8 Å². The maximum absolute atomic E-state index is 6.43. The molecule has 1 spiro atoms. The molecule has 0 amide bonds. The maximum Gasteiger partial charge on any atom is 0.133 e. The van der Waals surface area contributed by atoms with Gasteiger partial charge >= 0.3 is 0 Å². The third-order valence-corrected chi connectivity index (χ3v) is 8.25. The maximum atomic E-state index is 6.43. The first-order chi connectivity index (χ1) is 15.4. The minimum absolute atomic E-state index is 0.307. The van der Waals surface area contributed by atoms with Crippen molar-refractivity contribution in [3.8, 4) is 5.75 Å². The summed E-state index contributed by atoms with van der Waals surface area (Å²) in [5, 5.41) is 1.53. The summed E-state index contributed by atoms with van der Waals surface area (Å²) in [6.45, 7) is 1.07. The molecule has 0 aromatic carbocycles. The molecule has 4 rings (SSSR count). The SMILES string of the molecule is [B]C([B])(NCC[C@@]1(c2ccccn2)CCOC2(CC([B])([B])C([B])([B])C2)C1)c1sccc1OC. The van der Waals surface area contributed by atoms with Crippen LogP contribution in [-0.4, -0.2) is 77.9 Å². The molecule has 11 heteroatoms. The van der Waals surface area contributed by atoms with Gasteiger partial charge in [0.1, 0.15) is 5.75 Å². The molecule has 12 radical (unpaired) electrons. The van der Waals surface area contributed by atoms with Crippen LogP contribution in [0.3, 0.4) is 0 Å². The number of nitrogens with one attached hydrogen (secondary N) is 1. The van der Waals surface area contributed by atoms with Crippen molar-refractivity contribution in [3.63, 3.8) is 0 Å². The molecule has 33 heavy (non-hydrogen) atoms. The third-order valence-electron chi connectivity index (χ3n) is 7.20. The van der Waals surface area contributed by atoms with Crippen LogP contribution in [0.4, 0.5) is 0 Å². The lowest BCUT2D eigenvalue weighted by Crippen LogP contribution is -2.50. The Kier molecular flexibility index (Phi) is 6.74. The Morgan fingerprint density at radius 1 is 1.12 bits per heavy atom. The first-order valence-electron chi connectivity index (χ1n) is 11.1. The number of hydrogen-bond acceptors (Lipinski definition) is 5. The van der Waals surface area contributed by atoms with Gasteiger partial charge in [0.15, 0.2) is 0 Å². The van der Waals surface area contributed by atoms with E-state index in [4.69, 9.17) is 61.5 Å². The van der Waals surface area contributed by atoms with Gasteiger partial charge in [-0.05, 0) is 67.6 Å². The zero-order chi connectivity index (χ0) is 24.0. The summed E-state index contributed by atoms with van der Waals surface area (Å²) in [5.41, 5.74) is 0.0509. The second kappa shape index (κ2) is 8.87. The van der Waals surface area contributed by atoms with E-state index in [0.717, 1.165) is 23.4 Å². The minimum atomic E-state index is -1.23. The average molecular weight is 445 g/mol. The van der Waals surface area contributed by atoms with Crippen molar-refractivity contribution >= 4 is 58.4 Å². The Morgan fingerprint density at radius 3 is 2.48 bits per heavy atom. The quantitative estimate of drug-likeness (QED) is 0.660. The molecule has 158 valence electrons. The van der Waals surface area contributed by atoms with Crippen molar-refractivity contribution in [2.45, 2.75) is 58.9 Å². The molecule has 0 unspecified atom stereocenters. The van der Waals surface area contributed by atoms with Gasteiger partial charge in [-0.2, -0.15) is 0 Å². The third kappa shape index (κ3) is 4.75. The summed E-state index contributed by atoms with van der Waals surface area (Å²) in [6.07, 6.45) is 4.71. The highest BCUT2D eigenvalue weighted by atomic mass is 32.1. The van der Waals surface area contributed by atoms with Crippen LogP contribution in [0, 0.1) is 0 Å². The van der Waals surface area contributed by atoms with E-state index in [9.17, 15) is 0 Å². The highest BCUT2D eigenvalue weighted by Crippen LogP contribution is 2.64. The van der Waals surface area contributed by atoms with Gasteiger partial charge in [0, 0.05) is 28.8 Å². The number of rotatable bonds is 7. The summed E-state index contributed by atoms with van der Waals surface area (Å²) >= 11 is 1.45. The lowest BCUT2D eigenvalue weighted by Gasteiger charge is -2.47. The van der Waals surface area contributed by atoms with Crippen molar-refractivity contribution in [1.29, 1.82) is 0 Å². The number of methoxy groups -OCH3 is 1. The van der Waals surface area contributed by atoms with E-state index in [0.29, 0.717) is 38.2 Å². The van der Waals surface area contributed by atoms with E-state index in [1.54, 1.807) is 13.3 Å². The van der Waals surface area contributed by atoms with Crippen molar-refractivity contribution < 1.29 is 9.47 Å². The molecule has 4 nitrogen and oxygen atoms in total. The highest BCUT2D eigenvalue weighted by molar-refractivity contribution is 7.11. The normalized spacial score (nSPS) is 25.7. The Labute approximate surface area is 209 Å². The number of nitrogens with zero attached hydrogens (tertiary/aromatic N) is 1. The fraction of sp³-hybridized carbons (Fsp3) is 0.591. The molecule has 1 aliphatic heterocycles. The largest absolute Gasteiger partial charge is 0.496 e. The molecule has 1 aliphatic carbocycles. The average Bonchev–Trinajstić information content (AvgIpc) is 3.29. The van der Waals surface area contributed by atoms with Gasteiger partial charge in [-0.15, -0.1) is 21.8 Å². The van der Waals surface area contributed by atoms with Crippen molar-refractivity contribution in [2.75, 3.05) is 20.3 Å². The van der Waals surface area contributed by atoms with Crippen molar-refractivity contribution in [3.05, 3.63) is 46.4 Å². The summed E-state index contributed by atoms with van der Waals surface area (Å²) in [5.74, 6) is 0.664. The van der Waals surface area contributed by atoms with Crippen LogP contribution in [0.25, 0.3) is 0 Å². The van der Waals surface area contributed by atoms with Crippen molar-refractivity contribution in [1.82, 2.24) is 10.3 Å². The summed E-state index contributed by atoms with van der Waals surface area (Å²) in [6, 6.07) is 7.80. The molecule has 1 N–H and O–H groups in total. The summed E-state index contributed by atoms with van der Waals surface area (Å²) < 4.78 is 11.7. The van der Waals surface area contributed by atoms with Crippen LogP contribution in [0.15, 0.2) is 35.8 Å². The Bertz CT molecular complexity index is 955. The topological polar surface area (TPSA) is 43.4 Å². The minimum Gasteiger partial charge on any atom is -0.496 e. The van der Waals surface area contributed by atoms with Crippen LogP contribution in [0.5, 0.6) is 5.75 Å². The molecule has 1 atom stereocenters. The van der Waals surface area contributed by atoms with E-state index in [1.807, 2.05) is 29.6 Å². The number of pyridine rings is 1. The monoisotopic (exact) mass is 446 g/mol. The number of thiophene rings is 1. The van der Waals surface area contributed by atoms with Crippen LogP contribution < -0.4 is 10.1 Å². The van der Waals surface area contributed by atoms with Gasteiger partial charge in [-0.3, -0.25) is 4.98 Å². The molecule has 2 aromatic heterocycles. The molecule has 3 heterocycles. The molecular weight excluding hydrogens is 421 g/mol. The van der Waals surface area contributed by atoms with Gasteiger partial charge in [-0.1, -0.05) is 6.07 Å². The van der Waals surface area contributed by atoms with Gasteiger partial charge in [0.25, 0.3) is 0 Å². The smallest absolute Gasteiger partial charge is 0.133 e. The molecular formula is C22H24B6N2O2S. The predicted octanol–water partition coefficient (Wildman–Crippen LogP) is 1.77. The number of aromatic nitrogens is 1. The van der Waals surface area contributed by atoms with E-state index in [1.165, 1.54) is 11.3 Å². The molecule has 2 aromatic rings. The second-order valence-corrected chi connectivity index (χ2v) is 10.7. The first kappa shape index (κ1) is 25.1. The van der Waals surface area contributed by atoms with Crippen LogP contribution >= 0.6 is 11.3 Å². The first-order valence-corrected chi connectivity index (χ1v) is 12.0. The van der Waals surface area contributed by atoms with Crippen LogP contribution in [0.1, 0.15) is 42.7 Å². The Balaban J connectivity index is 1.58. The van der Waals surface area contributed by atoms with E-state index in [2.05, 4.69) is 5.32 Å².